The molecule has 3 aromatic rings. The number of nitrogen functional groups attached to an aromatic ring is 1. The molecule has 0 spiro atoms. The van der Waals surface area contributed by atoms with Crippen molar-refractivity contribution in [3.8, 4) is 11.1 Å². The fourth-order valence-corrected chi connectivity index (χ4v) is 5.44. The number of rotatable bonds is 5. The first-order valence-electron chi connectivity index (χ1n) is 9.83. The van der Waals surface area contributed by atoms with Gasteiger partial charge in [0.05, 0.1) is 28.1 Å². The summed E-state index contributed by atoms with van der Waals surface area (Å²) in [6.45, 7) is 0. The lowest BCUT2D eigenvalue weighted by Gasteiger charge is -2.27. The van der Waals surface area contributed by atoms with Crippen molar-refractivity contribution >= 4 is 32.6 Å². The van der Waals surface area contributed by atoms with Crippen LogP contribution in [0.2, 0.25) is 0 Å². The first kappa shape index (κ1) is 21.4. The van der Waals surface area contributed by atoms with Crippen molar-refractivity contribution in [2.24, 2.45) is 0 Å². The highest BCUT2D eigenvalue weighted by molar-refractivity contribution is 7.93. The number of hydrogen-bond donors (Lipinski definition) is 2. The number of halogens is 2. The summed E-state index contributed by atoms with van der Waals surface area (Å²) in [4.78, 5) is 7.96. The Morgan fingerprint density at radius 1 is 1.13 bits per heavy atom. The second kappa shape index (κ2) is 8.35. The highest BCUT2D eigenvalue weighted by atomic mass is 32.2. The largest absolute Gasteiger partial charge is 0.381 e. The van der Waals surface area contributed by atoms with E-state index in [0.717, 1.165) is 12.1 Å². The van der Waals surface area contributed by atoms with E-state index in [4.69, 9.17) is 10.5 Å². The van der Waals surface area contributed by atoms with Crippen molar-refractivity contribution in [1.82, 2.24) is 9.97 Å². The van der Waals surface area contributed by atoms with Gasteiger partial charge in [0, 0.05) is 18.7 Å². The van der Waals surface area contributed by atoms with Gasteiger partial charge in [-0.25, -0.2) is 27.2 Å². The standard InChI is InChI=1S/C21H22F2N4O3S/c1-30-14-3-5-15(6-4-14)31(28,29)27-18-9-7-16(22)19(20(18)23)12-2-8-17-13(10-12)11-25-21(24)26-17/h2,7-11,14-15,27H,3-6H2,1H3,(H2,24,25,26)/t14-,15-. The normalized spacial score (nSPS) is 19.5. The summed E-state index contributed by atoms with van der Waals surface area (Å²) in [5, 5.41) is -0.110. The van der Waals surface area contributed by atoms with Crippen LogP contribution in [0.1, 0.15) is 25.7 Å². The Hall–Kier alpha value is -2.85. The third-order valence-corrected chi connectivity index (χ3v) is 7.48. The summed E-state index contributed by atoms with van der Waals surface area (Å²) < 4.78 is 63.0. The van der Waals surface area contributed by atoms with E-state index < -0.39 is 26.9 Å². The van der Waals surface area contributed by atoms with Crippen LogP contribution in [0.4, 0.5) is 20.4 Å². The zero-order valence-corrected chi connectivity index (χ0v) is 17.6. The van der Waals surface area contributed by atoms with E-state index in [9.17, 15) is 12.8 Å². The number of benzene rings is 2. The highest BCUT2D eigenvalue weighted by Crippen LogP contribution is 2.34. The Morgan fingerprint density at radius 3 is 2.58 bits per heavy atom. The van der Waals surface area contributed by atoms with E-state index in [1.54, 1.807) is 13.2 Å². The molecular formula is C21H22F2N4O3S. The molecule has 3 N–H and O–H groups in total. The maximum atomic E-state index is 15.3. The monoisotopic (exact) mass is 448 g/mol. The Morgan fingerprint density at radius 2 is 1.87 bits per heavy atom. The first-order chi connectivity index (χ1) is 14.8. The summed E-state index contributed by atoms with van der Waals surface area (Å²) in [6, 6.07) is 6.74. The van der Waals surface area contributed by atoms with Gasteiger partial charge in [-0.15, -0.1) is 0 Å². The van der Waals surface area contributed by atoms with Gasteiger partial charge in [0.2, 0.25) is 16.0 Å². The molecule has 1 fully saturated rings. The number of anilines is 2. The van der Waals surface area contributed by atoms with Gasteiger partial charge in [-0.2, -0.15) is 0 Å². The molecular weight excluding hydrogens is 426 g/mol. The summed E-state index contributed by atoms with van der Waals surface area (Å²) in [6.07, 6.45) is 3.55. The van der Waals surface area contributed by atoms with Gasteiger partial charge < -0.3 is 10.5 Å². The van der Waals surface area contributed by atoms with Crippen LogP contribution in [-0.4, -0.2) is 36.8 Å². The fraction of sp³-hybridized carbons (Fsp3) is 0.333. The van der Waals surface area contributed by atoms with Crippen molar-refractivity contribution < 1.29 is 21.9 Å². The van der Waals surface area contributed by atoms with Gasteiger partial charge >= 0.3 is 0 Å². The van der Waals surface area contributed by atoms with E-state index in [1.165, 1.54) is 18.3 Å². The van der Waals surface area contributed by atoms with Crippen LogP contribution in [0.3, 0.4) is 0 Å². The molecule has 1 heterocycles. The molecule has 7 nitrogen and oxygen atoms in total. The van der Waals surface area contributed by atoms with Gasteiger partial charge in [0.15, 0.2) is 5.82 Å². The van der Waals surface area contributed by atoms with Crippen molar-refractivity contribution in [1.29, 1.82) is 0 Å². The van der Waals surface area contributed by atoms with E-state index in [-0.39, 0.29) is 28.9 Å². The summed E-state index contributed by atoms with van der Waals surface area (Å²) >= 11 is 0. The molecule has 0 amide bonds. The summed E-state index contributed by atoms with van der Waals surface area (Å²) in [5.41, 5.74) is 5.70. The second-order valence-corrected chi connectivity index (χ2v) is 9.53. The van der Waals surface area contributed by atoms with E-state index in [2.05, 4.69) is 14.7 Å². The zero-order valence-electron chi connectivity index (χ0n) is 16.8. The molecule has 4 rings (SSSR count). The average Bonchev–Trinajstić information content (AvgIpc) is 2.76. The van der Waals surface area contributed by atoms with Crippen LogP contribution in [0.25, 0.3) is 22.0 Å². The molecule has 0 saturated heterocycles. The van der Waals surface area contributed by atoms with Crippen LogP contribution in [-0.2, 0) is 14.8 Å². The minimum absolute atomic E-state index is 0.0350. The Bertz CT molecular complexity index is 1230. The molecule has 0 bridgehead atoms. The number of nitrogens with one attached hydrogen (secondary N) is 1. The Labute approximate surface area is 178 Å². The third kappa shape index (κ3) is 4.31. The zero-order chi connectivity index (χ0) is 22.2. The molecule has 1 saturated carbocycles. The van der Waals surface area contributed by atoms with Crippen LogP contribution in [0.15, 0.2) is 36.5 Å². The average molecular weight is 448 g/mol. The number of sulfonamides is 1. The minimum atomic E-state index is -3.84. The van der Waals surface area contributed by atoms with E-state index in [0.29, 0.717) is 36.6 Å². The Kier molecular flexibility index (Phi) is 5.76. The smallest absolute Gasteiger partial charge is 0.235 e. The quantitative estimate of drug-likeness (QED) is 0.614. The molecule has 0 radical (unpaired) electrons. The first-order valence-corrected chi connectivity index (χ1v) is 11.4. The lowest BCUT2D eigenvalue weighted by atomic mass is 9.97. The number of fused-ring (bicyclic) bond motifs is 1. The molecule has 0 atom stereocenters. The minimum Gasteiger partial charge on any atom is -0.381 e. The highest BCUT2D eigenvalue weighted by Gasteiger charge is 2.32. The maximum absolute atomic E-state index is 15.3. The number of hydrogen-bond acceptors (Lipinski definition) is 6. The van der Waals surface area contributed by atoms with Crippen LogP contribution < -0.4 is 10.5 Å². The SMILES string of the molecule is CO[C@H]1CC[C@H](S(=O)(=O)Nc2ccc(F)c(-c3ccc4nc(N)ncc4c3)c2F)CC1. The second-order valence-electron chi connectivity index (χ2n) is 7.57. The van der Waals surface area contributed by atoms with Gasteiger partial charge in [-0.3, -0.25) is 4.72 Å². The molecule has 1 aliphatic carbocycles. The van der Waals surface area contributed by atoms with E-state index >= 15 is 4.39 Å². The van der Waals surface area contributed by atoms with Gasteiger partial charge in [0.25, 0.3) is 0 Å². The molecule has 10 heteroatoms. The number of nitrogens with two attached hydrogens (primary N) is 1. The molecule has 2 aromatic carbocycles. The van der Waals surface area contributed by atoms with Gasteiger partial charge in [-0.05, 0) is 55.5 Å². The van der Waals surface area contributed by atoms with Crippen LogP contribution >= 0.6 is 0 Å². The summed E-state index contributed by atoms with van der Waals surface area (Å²) in [7, 11) is -2.25. The molecule has 164 valence electrons. The lowest BCUT2D eigenvalue weighted by molar-refractivity contribution is 0.0717. The third-order valence-electron chi connectivity index (χ3n) is 5.62. The van der Waals surface area contributed by atoms with Crippen LogP contribution in [0.5, 0.6) is 0 Å². The van der Waals surface area contributed by atoms with Crippen molar-refractivity contribution in [2.75, 3.05) is 17.6 Å². The fourth-order valence-electron chi connectivity index (χ4n) is 3.91. The molecule has 0 aliphatic heterocycles. The summed E-state index contributed by atoms with van der Waals surface area (Å²) in [5.74, 6) is -1.70. The Balaban J connectivity index is 1.66. The number of ether oxygens (including phenoxy) is 1. The number of aromatic nitrogens is 2. The van der Waals surface area contributed by atoms with Gasteiger partial charge in [-0.1, -0.05) is 6.07 Å². The lowest BCUT2D eigenvalue weighted by Crippen LogP contribution is -2.34. The van der Waals surface area contributed by atoms with Gasteiger partial charge in [0.1, 0.15) is 5.82 Å². The number of nitrogens with zero attached hydrogens (tertiary/aromatic N) is 2. The molecule has 31 heavy (non-hydrogen) atoms. The number of methoxy groups -OCH3 is 1. The van der Waals surface area contributed by atoms with Crippen molar-refractivity contribution in [2.45, 2.75) is 37.0 Å². The maximum Gasteiger partial charge on any atom is 0.235 e. The topological polar surface area (TPSA) is 107 Å². The van der Waals surface area contributed by atoms with E-state index in [1.807, 2.05) is 0 Å². The molecule has 1 aliphatic rings. The predicted molar refractivity (Wildman–Crippen MR) is 115 cm³/mol. The van der Waals surface area contributed by atoms with Crippen molar-refractivity contribution in [3.05, 3.63) is 48.2 Å². The van der Waals surface area contributed by atoms with Crippen molar-refractivity contribution in [3.63, 3.8) is 0 Å². The molecule has 0 unspecified atom stereocenters. The molecule has 1 aromatic heterocycles. The predicted octanol–water partition coefficient (Wildman–Crippen LogP) is 3.86. The van der Waals surface area contributed by atoms with Crippen LogP contribution in [0, 0.1) is 11.6 Å².